The molecule has 0 bridgehead atoms. The molecule has 1 aromatic carbocycles. The van der Waals surface area contributed by atoms with Gasteiger partial charge in [0.15, 0.2) is 0 Å². The topological polar surface area (TPSA) is 21.3 Å². The van der Waals surface area contributed by atoms with Crippen molar-refractivity contribution in [2.45, 2.75) is 32.7 Å². The van der Waals surface area contributed by atoms with Crippen molar-refractivity contribution in [3.05, 3.63) is 30.3 Å². The Morgan fingerprint density at radius 3 is 2.71 bits per heavy atom. The van der Waals surface area contributed by atoms with E-state index in [1.807, 2.05) is 37.3 Å². The maximum atomic E-state index is 5.74. The minimum absolute atomic E-state index is 0.376. The number of ether oxygens (including phenoxy) is 1. The van der Waals surface area contributed by atoms with Crippen molar-refractivity contribution in [2.75, 3.05) is 13.2 Å². The molecule has 0 aliphatic rings. The second-order valence-electron chi connectivity index (χ2n) is 3.84. The SMILES string of the molecule is CC#CCCC(COc1ccccc1)NCC. The summed E-state index contributed by atoms with van der Waals surface area (Å²) >= 11 is 0. The van der Waals surface area contributed by atoms with Crippen LogP contribution < -0.4 is 10.1 Å². The van der Waals surface area contributed by atoms with E-state index in [0.717, 1.165) is 25.1 Å². The number of hydrogen-bond donors (Lipinski definition) is 1. The lowest BCUT2D eigenvalue weighted by Crippen LogP contribution is -2.34. The molecule has 1 rings (SSSR count). The van der Waals surface area contributed by atoms with Gasteiger partial charge in [-0.3, -0.25) is 0 Å². The first-order valence-electron chi connectivity index (χ1n) is 6.17. The number of para-hydroxylation sites is 1. The standard InChI is InChI=1S/C15H21NO/c1-3-5-7-10-14(16-4-2)13-17-15-11-8-6-9-12-15/h6,8-9,11-12,14,16H,4,7,10,13H2,1-2H3. The zero-order valence-corrected chi connectivity index (χ0v) is 10.7. The molecule has 0 saturated heterocycles. The van der Waals surface area contributed by atoms with Gasteiger partial charge < -0.3 is 10.1 Å². The summed E-state index contributed by atoms with van der Waals surface area (Å²) < 4.78 is 5.74. The summed E-state index contributed by atoms with van der Waals surface area (Å²) in [5.74, 6) is 6.94. The fourth-order valence-electron chi connectivity index (χ4n) is 1.62. The zero-order chi connectivity index (χ0) is 12.3. The summed E-state index contributed by atoms with van der Waals surface area (Å²) in [5, 5.41) is 3.42. The van der Waals surface area contributed by atoms with Crippen LogP contribution >= 0.6 is 0 Å². The van der Waals surface area contributed by atoms with Crippen molar-refractivity contribution < 1.29 is 4.74 Å². The average Bonchev–Trinajstić information content (AvgIpc) is 2.37. The second kappa shape index (κ2) is 8.66. The molecule has 92 valence electrons. The minimum Gasteiger partial charge on any atom is -0.492 e. The Hall–Kier alpha value is -1.46. The third-order valence-electron chi connectivity index (χ3n) is 2.48. The normalized spacial score (nSPS) is 11.4. The van der Waals surface area contributed by atoms with E-state index in [-0.39, 0.29) is 0 Å². The Morgan fingerprint density at radius 2 is 2.06 bits per heavy atom. The second-order valence-corrected chi connectivity index (χ2v) is 3.84. The highest BCUT2D eigenvalue weighted by molar-refractivity contribution is 5.20. The van der Waals surface area contributed by atoms with Crippen LogP contribution in [0.15, 0.2) is 30.3 Å². The molecule has 2 nitrogen and oxygen atoms in total. The zero-order valence-electron chi connectivity index (χ0n) is 10.7. The van der Waals surface area contributed by atoms with Gasteiger partial charge in [-0.15, -0.1) is 11.8 Å². The van der Waals surface area contributed by atoms with Crippen LogP contribution in [0.25, 0.3) is 0 Å². The highest BCUT2D eigenvalue weighted by atomic mass is 16.5. The van der Waals surface area contributed by atoms with Crippen LogP contribution in [0, 0.1) is 11.8 Å². The summed E-state index contributed by atoms with van der Waals surface area (Å²) in [6.45, 7) is 5.65. The van der Waals surface area contributed by atoms with Crippen molar-refractivity contribution in [1.29, 1.82) is 0 Å². The third kappa shape index (κ3) is 5.99. The monoisotopic (exact) mass is 231 g/mol. The van der Waals surface area contributed by atoms with Crippen LogP contribution in [0.3, 0.4) is 0 Å². The molecule has 0 aromatic heterocycles. The maximum Gasteiger partial charge on any atom is 0.119 e. The first-order chi connectivity index (χ1) is 8.36. The van der Waals surface area contributed by atoms with Crippen LogP contribution in [0.4, 0.5) is 0 Å². The van der Waals surface area contributed by atoms with Gasteiger partial charge >= 0.3 is 0 Å². The molecular formula is C15H21NO. The van der Waals surface area contributed by atoms with E-state index in [4.69, 9.17) is 4.74 Å². The molecule has 17 heavy (non-hydrogen) atoms. The van der Waals surface area contributed by atoms with Crippen molar-refractivity contribution in [3.63, 3.8) is 0 Å². The van der Waals surface area contributed by atoms with Crippen molar-refractivity contribution in [3.8, 4) is 17.6 Å². The van der Waals surface area contributed by atoms with Gasteiger partial charge in [0.1, 0.15) is 12.4 Å². The first-order valence-corrected chi connectivity index (χ1v) is 6.17. The lowest BCUT2D eigenvalue weighted by Gasteiger charge is -2.17. The smallest absolute Gasteiger partial charge is 0.119 e. The van der Waals surface area contributed by atoms with Gasteiger partial charge in [-0.25, -0.2) is 0 Å². The molecule has 0 spiro atoms. The summed E-state index contributed by atoms with van der Waals surface area (Å²) in [4.78, 5) is 0. The lowest BCUT2D eigenvalue weighted by atomic mass is 10.1. The predicted molar refractivity (Wildman–Crippen MR) is 72.1 cm³/mol. The average molecular weight is 231 g/mol. The Bertz CT molecular complexity index is 350. The largest absolute Gasteiger partial charge is 0.492 e. The summed E-state index contributed by atoms with van der Waals surface area (Å²) in [5.41, 5.74) is 0. The van der Waals surface area contributed by atoms with Gasteiger partial charge in [0, 0.05) is 12.5 Å². The van der Waals surface area contributed by atoms with E-state index in [9.17, 15) is 0 Å². The van der Waals surface area contributed by atoms with Crippen LogP contribution in [0.2, 0.25) is 0 Å². The number of benzene rings is 1. The van der Waals surface area contributed by atoms with Gasteiger partial charge in [0.05, 0.1) is 0 Å². The molecule has 1 aromatic rings. The molecule has 0 radical (unpaired) electrons. The maximum absolute atomic E-state index is 5.74. The number of rotatable bonds is 7. The third-order valence-corrected chi connectivity index (χ3v) is 2.48. The number of nitrogens with one attached hydrogen (secondary N) is 1. The van der Waals surface area contributed by atoms with Crippen molar-refractivity contribution in [2.24, 2.45) is 0 Å². The highest BCUT2D eigenvalue weighted by Gasteiger charge is 2.06. The van der Waals surface area contributed by atoms with Crippen LogP contribution in [-0.2, 0) is 0 Å². The Labute approximate surface area is 104 Å². The molecule has 1 unspecified atom stereocenters. The van der Waals surface area contributed by atoms with Crippen LogP contribution in [0.1, 0.15) is 26.7 Å². The number of likely N-dealkylation sites (N-methyl/N-ethyl adjacent to an activating group) is 1. The Balaban J connectivity index is 2.35. The molecule has 0 amide bonds. The van der Waals surface area contributed by atoms with E-state index >= 15 is 0 Å². The summed E-state index contributed by atoms with van der Waals surface area (Å²) in [6.07, 6.45) is 1.95. The molecule has 0 saturated carbocycles. The van der Waals surface area contributed by atoms with Crippen LogP contribution in [0.5, 0.6) is 5.75 Å². The molecule has 0 aliphatic heterocycles. The quantitative estimate of drug-likeness (QED) is 0.729. The van der Waals surface area contributed by atoms with Gasteiger partial charge in [0.2, 0.25) is 0 Å². The predicted octanol–water partition coefficient (Wildman–Crippen LogP) is 2.85. The number of hydrogen-bond acceptors (Lipinski definition) is 2. The fourth-order valence-corrected chi connectivity index (χ4v) is 1.62. The molecule has 1 N–H and O–H groups in total. The van der Waals surface area contributed by atoms with E-state index in [1.165, 1.54) is 0 Å². The van der Waals surface area contributed by atoms with Gasteiger partial charge in [0.25, 0.3) is 0 Å². The van der Waals surface area contributed by atoms with Crippen molar-refractivity contribution >= 4 is 0 Å². The van der Waals surface area contributed by atoms with Crippen LogP contribution in [-0.4, -0.2) is 19.2 Å². The van der Waals surface area contributed by atoms with Gasteiger partial charge in [-0.2, -0.15) is 0 Å². The van der Waals surface area contributed by atoms with Gasteiger partial charge in [-0.1, -0.05) is 25.1 Å². The fraction of sp³-hybridized carbons (Fsp3) is 0.467. The first kappa shape index (κ1) is 13.6. The van der Waals surface area contributed by atoms with E-state index < -0.39 is 0 Å². The molecular weight excluding hydrogens is 210 g/mol. The van der Waals surface area contributed by atoms with Gasteiger partial charge in [-0.05, 0) is 32.0 Å². The summed E-state index contributed by atoms with van der Waals surface area (Å²) in [7, 11) is 0. The Morgan fingerprint density at radius 1 is 1.29 bits per heavy atom. The van der Waals surface area contributed by atoms with E-state index in [2.05, 4.69) is 24.1 Å². The lowest BCUT2D eigenvalue weighted by molar-refractivity contribution is 0.259. The Kier molecular flexibility index (Phi) is 6.93. The minimum atomic E-state index is 0.376. The van der Waals surface area contributed by atoms with E-state index in [0.29, 0.717) is 12.6 Å². The molecule has 0 heterocycles. The van der Waals surface area contributed by atoms with E-state index in [1.54, 1.807) is 0 Å². The molecule has 2 heteroatoms. The van der Waals surface area contributed by atoms with Crippen molar-refractivity contribution in [1.82, 2.24) is 5.32 Å². The molecule has 0 fully saturated rings. The summed E-state index contributed by atoms with van der Waals surface area (Å²) in [6, 6.07) is 10.3. The highest BCUT2D eigenvalue weighted by Crippen LogP contribution is 2.09. The molecule has 1 atom stereocenters. The molecule has 0 aliphatic carbocycles.